The number of nitrogens with one attached hydrogen (secondary N) is 1. The molecular weight excluding hydrogens is 331 g/mol. The van der Waals surface area contributed by atoms with Gasteiger partial charge >= 0.3 is 0 Å². The Morgan fingerprint density at radius 3 is 2.81 bits per heavy atom. The molecule has 0 saturated carbocycles. The lowest BCUT2D eigenvalue weighted by Gasteiger charge is -2.07. The molecule has 3 nitrogen and oxygen atoms in total. The highest BCUT2D eigenvalue weighted by atomic mass is 127. The van der Waals surface area contributed by atoms with Crippen molar-refractivity contribution in [2.24, 2.45) is 0 Å². The van der Waals surface area contributed by atoms with Gasteiger partial charge in [0.1, 0.15) is 11.4 Å². The highest BCUT2D eigenvalue weighted by molar-refractivity contribution is 14.1. The topological polar surface area (TPSA) is 38.3 Å². The second-order valence-electron chi connectivity index (χ2n) is 2.97. The molecule has 0 unspecified atom stereocenters. The molecular formula is C10H10F2INO2. The van der Waals surface area contributed by atoms with Crippen molar-refractivity contribution < 1.29 is 18.3 Å². The van der Waals surface area contributed by atoms with Gasteiger partial charge in [0.2, 0.25) is 0 Å². The second-order valence-corrected chi connectivity index (χ2v) is 4.13. The van der Waals surface area contributed by atoms with Crippen LogP contribution in [0.4, 0.5) is 8.78 Å². The molecule has 16 heavy (non-hydrogen) atoms. The molecule has 0 radical (unpaired) electrons. The molecule has 0 atom stereocenters. The number of hydrogen-bond acceptors (Lipinski definition) is 2. The van der Waals surface area contributed by atoms with Crippen LogP contribution >= 0.6 is 22.6 Å². The van der Waals surface area contributed by atoms with Crippen LogP contribution in [-0.4, -0.2) is 26.2 Å². The second kappa shape index (κ2) is 6.09. The highest BCUT2D eigenvalue weighted by Gasteiger charge is 2.18. The maximum atomic E-state index is 13.5. The average molecular weight is 341 g/mol. The molecule has 1 aromatic carbocycles. The number of carbonyl (C=O) groups is 1. The Balaban J connectivity index is 2.86. The summed E-state index contributed by atoms with van der Waals surface area (Å²) < 4.78 is 31.7. The van der Waals surface area contributed by atoms with E-state index in [1.54, 1.807) is 22.6 Å². The first-order chi connectivity index (χ1) is 7.57. The largest absolute Gasteiger partial charge is 0.383 e. The summed E-state index contributed by atoms with van der Waals surface area (Å²) in [6.07, 6.45) is 0. The lowest BCUT2D eigenvalue weighted by Crippen LogP contribution is -2.28. The normalized spacial score (nSPS) is 10.2. The summed E-state index contributed by atoms with van der Waals surface area (Å²) in [5.74, 6) is -2.48. The molecule has 0 aliphatic heterocycles. The third kappa shape index (κ3) is 3.11. The number of benzene rings is 1. The van der Waals surface area contributed by atoms with Gasteiger partial charge in [0, 0.05) is 17.2 Å². The Morgan fingerprint density at radius 1 is 1.50 bits per heavy atom. The minimum atomic E-state index is -0.868. The zero-order chi connectivity index (χ0) is 12.1. The van der Waals surface area contributed by atoms with Crippen LogP contribution < -0.4 is 5.32 Å². The predicted molar refractivity (Wildman–Crippen MR) is 63.3 cm³/mol. The molecule has 0 aliphatic carbocycles. The summed E-state index contributed by atoms with van der Waals surface area (Å²) in [5, 5.41) is 2.36. The standard InChI is InChI=1S/C10H10F2INO2/c1-16-5-4-14-10(15)8-6(11)2-3-7(13)9(8)12/h2-3H,4-5H2,1H3,(H,14,15). The van der Waals surface area contributed by atoms with Crippen LogP contribution in [0.2, 0.25) is 0 Å². The first-order valence-corrected chi connectivity index (χ1v) is 5.56. The monoisotopic (exact) mass is 341 g/mol. The van der Waals surface area contributed by atoms with Gasteiger partial charge in [-0.15, -0.1) is 0 Å². The molecule has 1 N–H and O–H groups in total. The van der Waals surface area contributed by atoms with Crippen molar-refractivity contribution in [3.05, 3.63) is 32.9 Å². The number of halogens is 3. The third-order valence-electron chi connectivity index (χ3n) is 1.86. The van der Waals surface area contributed by atoms with Gasteiger partial charge in [0.05, 0.1) is 6.61 Å². The molecule has 0 heterocycles. The summed E-state index contributed by atoms with van der Waals surface area (Å²) in [4.78, 5) is 11.5. The van der Waals surface area contributed by atoms with Crippen molar-refractivity contribution in [3.8, 4) is 0 Å². The van der Waals surface area contributed by atoms with Crippen molar-refractivity contribution in [2.45, 2.75) is 0 Å². The Hall–Kier alpha value is -0.760. The SMILES string of the molecule is COCCNC(=O)c1c(F)ccc(I)c1F. The highest BCUT2D eigenvalue weighted by Crippen LogP contribution is 2.18. The van der Waals surface area contributed by atoms with Crippen LogP contribution in [0.25, 0.3) is 0 Å². The Kier molecular flexibility index (Phi) is 5.07. The van der Waals surface area contributed by atoms with Gasteiger partial charge in [-0.05, 0) is 34.7 Å². The molecule has 1 amide bonds. The molecule has 0 fully saturated rings. The van der Waals surface area contributed by atoms with Crippen LogP contribution in [0.1, 0.15) is 10.4 Å². The lowest BCUT2D eigenvalue weighted by molar-refractivity contribution is 0.0928. The number of rotatable bonds is 4. The van der Waals surface area contributed by atoms with Gasteiger partial charge in [-0.25, -0.2) is 8.78 Å². The molecule has 0 bridgehead atoms. The van der Waals surface area contributed by atoms with Gasteiger partial charge < -0.3 is 10.1 Å². The molecule has 6 heteroatoms. The van der Waals surface area contributed by atoms with Crippen LogP contribution in [0.5, 0.6) is 0 Å². The van der Waals surface area contributed by atoms with E-state index in [1.807, 2.05) is 0 Å². The Labute approximate surface area is 105 Å². The van der Waals surface area contributed by atoms with Crippen LogP contribution in [0.15, 0.2) is 12.1 Å². The molecule has 0 aromatic heterocycles. The van der Waals surface area contributed by atoms with Crippen LogP contribution in [-0.2, 0) is 4.74 Å². The van der Waals surface area contributed by atoms with Gasteiger partial charge in [-0.1, -0.05) is 0 Å². The van der Waals surface area contributed by atoms with E-state index in [0.717, 1.165) is 6.07 Å². The van der Waals surface area contributed by atoms with E-state index >= 15 is 0 Å². The first-order valence-electron chi connectivity index (χ1n) is 4.48. The van der Waals surface area contributed by atoms with Gasteiger partial charge in [-0.2, -0.15) is 0 Å². The molecule has 0 aliphatic rings. The average Bonchev–Trinajstić information content (AvgIpc) is 2.24. The zero-order valence-corrected chi connectivity index (χ0v) is 10.7. The van der Waals surface area contributed by atoms with Crippen molar-refractivity contribution in [1.29, 1.82) is 0 Å². The van der Waals surface area contributed by atoms with E-state index in [2.05, 4.69) is 5.32 Å². The van der Waals surface area contributed by atoms with Crippen LogP contribution in [0, 0.1) is 15.2 Å². The minimum Gasteiger partial charge on any atom is -0.383 e. The van der Waals surface area contributed by atoms with E-state index < -0.39 is 23.1 Å². The fourth-order valence-electron chi connectivity index (χ4n) is 1.09. The molecule has 1 aromatic rings. The number of hydrogen-bond donors (Lipinski definition) is 1. The smallest absolute Gasteiger partial charge is 0.257 e. The molecule has 0 saturated heterocycles. The minimum absolute atomic E-state index is 0.205. The quantitative estimate of drug-likeness (QED) is 0.517. The number of methoxy groups -OCH3 is 1. The maximum absolute atomic E-state index is 13.5. The van der Waals surface area contributed by atoms with E-state index in [9.17, 15) is 13.6 Å². The van der Waals surface area contributed by atoms with E-state index in [-0.39, 0.29) is 10.1 Å². The molecule has 88 valence electrons. The fourth-order valence-corrected chi connectivity index (χ4v) is 1.54. The van der Waals surface area contributed by atoms with Crippen molar-refractivity contribution in [1.82, 2.24) is 5.32 Å². The number of carbonyl (C=O) groups excluding carboxylic acids is 1. The van der Waals surface area contributed by atoms with E-state index in [0.29, 0.717) is 6.61 Å². The Morgan fingerprint density at radius 2 is 2.19 bits per heavy atom. The number of amides is 1. The molecule has 0 spiro atoms. The van der Waals surface area contributed by atoms with E-state index in [1.165, 1.54) is 13.2 Å². The van der Waals surface area contributed by atoms with Crippen molar-refractivity contribution in [2.75, 3.05) is 20.3 Å². The summed E-state index contributed by atoms with van der Waals surface area (Å²) in [6.45, 7) is 0.499. The van der Waals surface area contributed by atoms with Gasteiger partial charge in [0.15, 0.2) is 5.82 Å². The summed E-state index contributed by atoms with van der Waals surface area (Å²) in [5.41, 5.74) is -0.553. The van der Waals surface area contributed by atoms with Gasteiger partial charge in [0.25, 0.3) is 5.91 Å². The van der Waals surface area contributed by atoms with Crippen molar-refractivity contribution >= 4 is 28.5 Å². The zero-order valence-electron chi connectivity index (χ0n) is 8.52. The van der Waals surface area contributed by atoms with Gasteiger partial charge in [-0.3, -0.25) is 4.79 Å². The summed E-state index contributed by atoms with van der Waals surface area (Å²) in [7, 11) is 1.47. The van der Waals surface area contributed by atoms with Crippen molar-refractivity contribution in [3.63, 3.8) is 0 Å². The van der Waals surface area contributed by atoms with Crippen LogP contribution in [0.3, 0.4) is 0 Å². The summed E-state index contributed by atoms with van der Waals surface area (Å²) in [6, 6.07) is 2.34. The lowest BCUT2D eigenvalue weighted by atomic mass is 10.2. The van der Waals surface area contributed by atoms with E-state index in [4.69, 9.17) is 4.74 Å². The Bertz CT molecular complexity index is 399. The molecule has 1 rings (SSSR count). The summed E-state index contributed by atoms with van der Waals surface area (Å²) >= 11 is 1.70. The number of ether oxygens (including phenoxy) is 1. The third-order valence-corrected chi connectivity index (χ3v) is 2.70. The fraction of sp³-hybridized carbons (Fsp3) is 0.300. The maximum Gasteiger partial charge on any atom is 0.257 e. The first kappa shape index (κ1) is 13.3. The predicted octanol–water partition coefficient (Wildman–Crippen LogP) is 1.95.